The lowest BCUT2D eigenvalue weighted by atomic mass is 10.1. The van der Waals surface area contributed by atoms with Crippen molar-refractivity contribution in [3.8, 4) is 0 Å². The molecule has 0 unspecified atom stereocenters. The third-order valence-corrected chi connectivity index (χ3v) is 2.62. The van der Waals surface area contributed by atoms with Crippen LogP contribution in [0.5, 0.6) is 0 Å². The van der Waals surface area contributed by atoms with E-state index >= 15 is 0 Å². The summed E-state index contributed by atoms with van der Waals surface area (Å²) in [4.78, 5) is 21.7. The Morgan fingerprint density at radius 1 is 1.37 bits per heavy atom. The van der Waals surface area contributed by atoms with E-state index in [1.807, 2.05) is 12.1 Å². The summed E-state index contributed by atoms with van der Waals surface area (Å²) in [5.41, 5.74) is 1.45. The molecule has 6 nitrogen and oxygen atoms in total. The average molecular weight is 263 g/mol. The number of esters is 1. The summed E-state index contributed by atoms with van der Waals surface area (Å²) >= 11 is 0. The number of furan rings is 1. The molecule has 0 bridgehead atoms. The highest BCUT2D eigenvalue weighted by Crippen LogP contribution is 2.20. The summed E-state index contributed by atoms with van der Waals surface area (Å²) in [6.45, 7) is 0.610. The third-order valence-electron chi connectivity index (χ3n) is 2.62. The number of rotatable bonds is 5. The second kappa shape index (κ2) is 5.53. The molecule has 0 radical (unpaired) electrons. The molecule has 2 N–H and O–H groups in total. The summed E-state index contributed by atoms with van der Waals surface area (Å²) in [6, 6.07) is 6.80. The van der Waals surface area contributed by atoms with Crippen LogP contribution in [-0.4, -0.2) is 30.7 Å². The van der Waals surface area contributed by atoms with Crippen LogP contribution in [0.15, 0.2) is 28.7 Å². The number of benzene rings is 1. The molecule has 0 aliphatic rings. The van der Waals surface area contributed by atoms with Gasteiger partial charge in [-0.05, 0) is 23.8 Å². The lowest BCUT2D eigenvalue weighted by Gasteiger charge is -2.03. The highest BCUT2D eigenvalue weighted by Gasteiger charge is 2.10. The molecule has 0 saturated carbocycles. The number of hydrogen-bond acceptors (Lipinski definition) is 5. The molecule has 0 saturated heterocycles. The number of hydrogen-bond donors (Lipinski definition) is 2. The Kier molecular flexibility index (Phi) is 3.82. The van der Waals surface area contributed by atoms with Crippen molar-refractivity contribution in [2.45, 2.75) is 6.54 Å². The highest BCUT2D eigenvalue weighted by molar-refractivity contribution is 5.91. The summed E-state index contributed by atoms with van der Waals surface area (Å²) in [6.07, 6.45) is 0. The van der Waals surface area contributed by atoms with Crippen molar-refractivity contribution in [3.05, 3.63) is 35.6 Å². The number of ether oxygens (including phenoxy) is 1. The molecular formula is C13H13NO5. The number of nitrogens with one attached hydrogen (secondary N) is 1. The molecule has 0 spiro atoms. The second-order valence-corrected chi connectivity index (χ2v) is 3.97. The van der Waals surface area contributed by atoms with Gasteiger partial charge in [-0.2, -0.15) is 0 Å². The normalized spacial score (nSPS) is 10.6. The smallest absolute Gasteiger partial charge is 0.371 e. The monoisotopic (exact) mass is 263 g/mol. The molecule has 19 heavy (non-hydrogen) atoms. The van der Waals surface area contributed by atoms with Crippen molar-refractivity contribution < 1.29 is 23.8 Å². The van der Waals surface area contributed by atoms with E-state index in [0.29, 0.717) is 12.1 Å². The molecule has 0 amide bonds. The molecule has 2 rings (SSSR count). The van der Waals surface area contributed by atoms with E-state index in [4.69, 9.17) is 9.52 Å². The fraction of sp³-hybridized carbons (Fsp3) is 0.231. The second-order valence-electron chi connectivity index (χ2n) is 3.97. The maximum Gasteiger partial charge on any atom is 0.371 e. The van der Waals surface area contributed by atoms with Gasteiger partial charge in [0.15, 0.2) is 0 Å². The molecule has 0 aliphatic heterocycles. The first-order valence-corrected chi connectivity index (χ1v) is 5.63. The summed E-state index contributed by atoms with van der Waals surface area (Å²) in [5.74, 6) is -1.52. The van der Waals surface area contributed by atoms with Crippen molar-refractivity contribution >= 4 is 22.9 Å². The number of carboxylic acid groups (broad SMARTS) is 1. The molecular weight excluding hydrogens is 250 g/mol. The maximum absolute atomic E-state index is 10.9. The SMILES string of the molecule is COC(=O)CNCc1ccc2oc(C(=O)O)cc2c1. The molecule has 0 fully saturated rings. The van der Waals surface area contributed by atoms with Gasteiger partial charge < -0.3 is 19.6 Å². The Hall–Kier alpha value is -2.34. The van der Waals surface area contributed by atoms with Crippen molar-refractivity contribution in [1.29, 1.82) is 0 Å². The van der Waals surface area contributed by atoms with Gasteiger partial charge in [-0.25, -0.2) is 4.79 Å². The quantitative estimate of drug-likeness (QED) is 0.792. The lowest BCUT2D eigenvalue weighted by Crippen LogP contribution is -2.23. The molecule has 1 aromatic carbocycles. The Morgan fingerprint density at radius 3 is 2.84 bits per heavy atom. The number of carboxylic acids is 1. The van der Waals surface area contributed by atoms with Crippen LogP contribution < -0.4 is 5.32 Å². The van der Waals surface area contributed by atoms with Crippen LogP contribution in [0.1, 0.15) is 16.1 Å². The van der Waals surface area contributed by atoms with Crippen molar-refractivity contribution in [2.75, 3.05) is 13.7 Å². The van der Waals surface area contributed by atoms with E-state index in [2.05, 4.69) is 10.1 Å². The van der Waals surface area contributed by atoms with Crippen LogP contribution in [0.4, 0.5) is 0 Å². The van der Waals surface area contributed by atoms with Gasteiger partial charge in [0.1, 0.15) is 5.58 Å². The first-order chi connectivity index (χ1) is 9.10. The number of carbonyl (C=O) groups excluding carboxylic acids is 1. The maximum atomic E-state index is 10.9. The molecule has 6 heteroatoms. The van der Waals surface area contributed by atoms with E-state index in [-0.39, 0.29) is 18.3 Å². The molecule has 0 aliphatic carbocycles. The van der Waals surface area contributed by atoms with Gasteiger partial charge in [0.05, 0.1) is 13.7 Å². The zero-order valence-corrected chi connectivity index (χ0v) is 10.3. The molecule has 1 heterocycles. The number of aromatic carboxylic acids is 1. The van der Waals surface area contributed by atoms with Crippen LogP contribution in [0.25, 0.3) is 11.0 Å². The van der Waals surface area contributed by atoms with Crippen LogP contribution in [0.2, 0.25) is 0 Å². The van der Waals surface area contributed by atoms with Crippen molar-refractivity contribution in [3.63, 3.8) is 0 Å². The Balaban J connectivity index is 2.08. The Morgan fingerprint density at radius 2 is 2.16 bits per heavy atom. The van der Waals surface area contributed by atoms with E-state index in [9.17, 15) is 9.59 Å². The van der Waals surface area contributed by atoms with Gasteiger partial charge in [-0.3, -0.25) is 4.79 Å². The molecule has 2 aromatic rings. The minimum Gasteiger partial charge on any atom is -0.475 e. The molecule has 0 atom stereocenters. The van der Waals surface area contributed by atoms with Gasteiger partial charge in [0.25, 0.3) is 0 Å². The van der Waals surface area contributed by atoms with Crippen LogP contribution in [0.3, 0.4) is 0 Å². The summed E-state index contributed by atoms with van der Waals surface area (Å²) in [5, 5.41) is 12.5. The fourth-order valence-electron chi connectivity index (χ4n) is 1.69. The van der Waals surface area contributed by atoms with E-state index in [1.54, 1.807) is 6.07 Å². The van der Waals surface area contributed by atoms with Gasteiger partial charge in [0, 0.05) is 11.9 Å². The number of methoxy groups -OCH3 is 1. The Bertz CT molecular complexity index is 617. The van der Waals surface area contributed by atoms with Gasteiger partial charge >= 0.3 is 11.9 Å². The molecule has 1 aromatic heterocycles. The summed E-state index contributed by atoms with van der Waals surface area (Å²) in [7, 11) is 1.33. The standard InChI is InChI=1S/C13H13NO5/c1-18-12(15)7-14-6-8-2-3-10-9(4-8)5-11(19-10)13(16)17/h2-5,14H,6-7H2,1H3,(H,16,17). The topological polar surface area (TPSA) is 88.8 Å². The predicted molar refractivity (Wildman–Crippen MR) is 66.9 cm³/mol. The minimum absolute atomic E-state index is 0.0883. The zero-order chi connectivity index (χ0) is 13.8. The van der Waals surface area contributed by atoms with E-state index in [0.717, 1.165) is 10.9 Å². The van der Waals surface area contributed by atoms with Crippen LogP contribution in [0, 0.1) is 0 Å². The highest BCUT2D eigenvalue weighted by atomic mass is 16.5. The Labute approximate surface area is 109 Å². The number of fused-ring (bicyclic) bond motifs is 1. The van der Waals surface area contributed by atoms with Gasteiger partial charge in [0.2, 0.25) is 5.76 Å². The van der Waals surface area contributed by atoms with E-state index < -0.39 is 5.97 Å². The first-order valence-electron chi connectivity index (χ1n) is 5.63. The fourth-order valence-corrected chi connectivity index (χ4v) is 1.69. The minimum atomic E-state index is -1.10. The van der Waals surface area contributed by atoms with E-state index in [1.165, 1.54) is 13.2 Å². The number of carbonyl (C=O) groups is 2. The predicted octanol–water partition coefficient (Wildman–Crippen LogP) is 1.39. The van der Waals surface area contributed by atoms with Crippen LogP contribution >= 0.6 is 0 Å². The van der Waals surface area contributed by atoms with Crippen LogP contribution in [-0.2, 0) is 16.1 Å². The lowest BCUT2D eigenvalue weighted by molar-refractivity contribution is -0.139. The molecule has 100 valence electrons. The summed E-state index contributed by atoms with van der Waals surface area (Å²) < 4.78 is 9.66. The largest absolute Gasteiger partial charge is 0.475 e. The first kappa shape index (κ1) is 13.1. The third kappa shape index (κ3) is 3.11. The average Bonchev–Trinajstić information content (AvgIpc) is 2.81. The van der Waals surface area contributed by atoms with Gasteiger partial charge in [-0.15, -0.1) is 0 Å². The van der Waals surface area contributed by atoms with Crippen molar-refractivity contribution in [2.24, 2.45) is 0 Å². The van der Waals surface area contributed by atoms with Gasteiger partial charge in [-0.1, -0.05) is 6.07 Å². The zero-order valence-electron chi connectivity index (χ0n) is 10.3. The van der Waals surface area contributed by atoms with Crippen molar-refractivity contribution in [1.82, 2.24) is 5.32 Å².